The van der Waals surface area contributed by atoms with Crippen LogP contribution >= 0.6 is 11.3 Å². The van der Waals surface area contributed by atoms with Crippen LogP contribution in [0.25, 0.3) is 22.3 Å². The van der Waals surface area contributed by atoms with E-state index in [1.165, 1.54) is 11.3 Å². The Labute approximate surface area is 184 Å². The number of H-pyrrole nitrogens is 2. The summed E-state index contributed by atoms with van der Waals surface area (Å²) in [5, 5.41) is 15.0. The molecule has 0 radical (unpaired) electrons. The van der Waals surface area contributed by atoms with Gasteiger partial charge in [-0.1, -0.05) is 0 Å². The van der Waals surface area contributed by atoms with Crippen LogP contribution < -0.4 is 16.4 Å². The predicted octanol–water partition coefficient (Wildman–Crippen LogP) is 0.637. The van der Waals surface area contributed by atoms with Crippen molar-refractivity contribution in [2.24, 2.45) is 4.99 Å². The normalized spacial score (nSPS) is 17.3. The maximum Gasteiger partial charge on any atom is 0.326 e. The Morgan fingerprint density at radius 1 is 1.28 bits per heavy atom. The smallest absolute Gasteiger partial charge is 0.326 e. The molecule has 1 amide bonds. The zero-order valence-electron chi connectivity index (χ0n) is 16.9. The number of aromatic amines is 2. The fourth-order valence-electron chi connectivity index (χ4n) is 3.59. The number of thiophene rings is 1. The molecule has 1 aliphatic carbocycles. The lowest BCUT2D eigenvalue weighted by Gasteiger charge is -2.30. The third-order valence-electron chi connectivity index (χ3n) is 5.59. The number of aromatic nitrogens is 5. The molecule has 5 heterocycles. The molecule has 0 aromatic carbocycles. The number of nitrogens with zero attached hydrogens (tertiary/aromatic N) is 5. The largest absolute Gasteiger partial charge is 0.493 e. The van der Waals surface area contributed by atoms with E-state index in [9.17, 15) is 14.7 Å². The van der Waals surface area contributed by atoms with E-state index in [1.807, 2.05) is 23.1 Å². The Bertz CT molecular complexity index is 1540. The highest BCUT2D eigenvalue weighted by molar-refractivity contribution is 7.17. The summed E-state index contributed by atoms with van der Waals surface area (Å²) in [6.07, 6.45) is 6.38. The van der Waals surface area contributed by atoms with Crippen LogP contribution in [-0.2, 0) is 0 Å². The van der Waals surface area contributed by atoms with Crippen molar-refractivity contribution in [1.82, 2.24) is 29.5 Å². The average molecular weight is 449 g/mol. The maximum atomic E-state index is 12.6. The van der Waals surface area contributed by atoms with Gasteiger partial charge in [-0.25, -0.2) is 9.78 Å². The first-order valence-corrected chi connectivity index (χ1v) is 11.2. The zero-order chi connectivity index (χ0) is 21.8. The van der Waals surface area contributed by atoms with E-state index in [-0.39, 0.29) is 23.5 Å². The molecule has 162 valence electrons. The van der Waals surface area contributed by atoms with Gasteiger partial charge in [-0.3, -0.25) is 14.8 Å². The van der Waals surface area contributed by atoms with E-state index in [4.69, 9.17) is 9.98 Å². The molecule has 32 heavy (non-hydrogen) atoms. The summed E-state index contributed by atoms with van der Waals surface area (Å²) < 4.78 is 1.66. The van der Waals surface area contributed by atoms with Crippen molar-refractivity contribution < 1.29 is 9.90 Å². The molecule has 0 unspecified atom stereocenters. The summed E-state index contributed by atoms with van der Waals surface area (Å²) in [6, 6.07) is 5.92. The topological polar surface area (TPSA) is 132 Å². The molecule has 11 heteroatoms. The van der Waals surface area contributed by atoms with Crippen LogP contribution in [0, 0.1) is 0 Å². The Balaban J connectivity index is 1.50. The molecule has 0 bridgehead atoms. The number of fused-ring (bicyclic) bond motifs is 1. The van der Waals surface area contributed by atoms with Gasteiger partial charge < -0.3 is 15.0 Å². The number of nitrogens with one attached hydrogen (secondary N) is 2. The monoisotopic (exact) mass is 449 g/mol. The van der Waals surface area contributed by atoms with Gasteiger partial charge in [0.15, 0.2) is 11.1 Å². The standard InChI is InChI=1S/C21H19N7O3S/c29-19-14(25-21(31)26-19)8-11-10-22-28-17(23-12-2-3-12)9-13(24-18(11)28)15-4-5-16(32-15)20(30)27-6-1-7-27/h4-5,8-10,12,29H,1-3,6-7H2,(H2,25,26,31)/b11-8+,23-17?. The van der Waals surface area contributed by atoms with E-state index in [2.05, 4.69) is 15.1 Å². The van der Waals surface area contributed by atoms with Crippen LogP contribution in [0.15, 0.2) is 34.2 Å². The van der Waals surface area contributed by atoms with E-state index < -0.39 is 5.69 Å². The molecule has 1 aliphatic heterocycles. The lowest BCUT2D eigenvalue weighted by Crippen LogP contribution is -2.41. The molecule has 2 fully saturated rings. The van der Waals surface area contributed by atoms with Crippen LogP contribution in [-0.4, -0.2) is 59.6 Å². The van der Waals surface area contributed by atoms with E-state index >= 15 is 0 Å². The molecule has 4 aromatic heterocycles. The van der Waals surface area contributed by atoms with Crippen molar-refractivity contribution in [1.29, 1.82) is 0 Å². The number of hydrogen-bond donors (Lipinski definition) is 3. The first-order valence-electron chi connectivity index (χ1n) is 10.4. The van der Waals surface area contributed by atoms with Crippen molar-refractivity contribution in [3.05, 3.63) is 56.2 Å². The van der Waals surface area contributed by atoms with Crippen LogP contribution in [0.4, 0.5) is 0 Å². The minimum Gasteiger partial charge on any atom is -0.493 e. The number of hydrogen-bond acceptors (Lipinski definition) is 7. The number of imidazole rings is 1. The summed E-state index contributed by atoms with van der Waals surface area (Å²) >= 11 is 1.41. The second-order valence-corrected chi connectivity index (χ2v) is 9.07. The first-order chi connectivity index (χ1) is 15.5. The minimum atomic E-state index is -0.499. The molecule has 6 rings (SSSR count). The van der Waals surface area contributed by atoms with Gasteiger partial charge in [0.25, 0.3) is 5.91 Å². The average Bonchev–Trinajstić information content (AvgIpc) is 3.11. The van der Waals surface area contributed by atoms with Gasteiger partial charge in [0.1, 0.15) is 5.69 Å². The molecule has 3 N–H and O–H groups in total. The Morgan fingerprint density at radius 3 is 2.81 bits per heavy atom. The van der Waals surface area contributed by atoms with Crippen LogP contribution in [0.1, 0.15) is 34.6 Å². The second kappa shape index (κ2) is 7.16. The lowest BCUT2D eigenvalue weighted by molar-refractivity contribution is 0.0657. The van der Waals surface area contributed by atoms with Gasteiger partial charge in [-0.15, -0.1) is 11.3 Å². The number of likely N-dealkylation sites (tertiary alicyclic amines) is 1. The highest BCUT2D eigenvalue weighted by Gasteiger charge is 2.24. The van der Waals surface area contributed by atoms with E-state index in [1.54, 1.807) is 16.8 Å². The Morgan fingerprint density at radius 2 is 2.12 bits per heavy atom. The number of amides is 1. The van der Waals surface area contributed by atoms with Crippen molar-refractivity contribution >= 4 is 29.0 Å². The Kier molecular flexibility index (Phi) is 4.25. The predicted molar refractivity (Wildman–Crippen MR) is 117 cm³/mol. The Hall–Kier alpha value is -3.73. The van der Waals surface area contributed by atoms with E-state index in [0.29, 0.717) is 26.9 Å². The third-order valence-corrected chi connectivity index (χ3v) is 6.69. The summed E-state index contributed by atoms with van der Waals surface area (Å²) in [6.45, 7) is 1.62. The molecular weight excluding hydrogens is 430 g/mol. The second-order valence-electron chi connectivity index (χ2n) is 7.99. The van der Waals surface area contributed by atoms with Crippen molar-refractivity contribution in [3.8, 4) is 16.5 Å². The van der Waals surface area contributed by atoms with Gasteiger partial charge in [0.05, 0.1) is 27.7 Å². The third kappa shape index (κ3) is 3.30. The highest BCUT2D eigenvalue weighted by atomic mass is 32.1. The molecule has 2 aliphatic rings. The molecule has 0 spiro atoms. The van der Waals surface area contributed by atoms with Gasteiger partial charge in [-0.05, 0) is 37.5 Å². The number of carbonyl (C=O) groups is 1. The summed E-state index contributed by atoms with van der Waals surface area (Å²) in [5.41, 5.74) is 1.68. The zero-order valence-corrected chi connectivity index (χ0v) is 17.7. The van der Waals surface area contributed by atoms with Gasteiger partial charge >= 0.3 is 5.69 Å². The molecule has 1 saturated carbocycles. The molecular formula is C21H19N7O3S. The molecule has 10 nitrogen and oxygen atoms in total. The summed E-state index contributed by atoms with van der Waals surface area (Å²) in [5.74, 6) is -0.192. The maximum absolute atomic E-state index is 12.6. The summed E-state index contributed by atoms with van der Waals surface area (Å²) in [7, 11) is 0. The van der Waals surface area contributed by atoms with Crippen LogP contribution in [0.3, 0.4) is 0 Å². The van der Waals surface area contributed by atoms with Crippen molar-refractivity contribution in [2.75, 3.05) is 13.1 Å². The number of carbonyl (C=O) groups excluding carboxylic acids is 1. The van der Waals surface area contributed by atoms with Crippen LogP contribution in [0.5, 0.6) is 5.88 Å². The number of rotatable bonds is 4. The molecule has 0 atom stereocenters. The van der Waals surface area contributed by atoms with Gasteiger partial charge in [0, 0.05) is 24.4 Å². The van der Waals surface area contributed by atoms with Crippen molar-refractivity contribution in [3.63, 3.8) is 0 Å². The van der Waals surface area contributed by atoms with Gasteiger partial charge in [0.2, 0.25) is 5.88 Å². The fraction of sp³-hybridized carbons (Fsp3) is 0.286. The quantitative estimate of drug-likeness (QED) is 0.421. The summed E-state index contributed by atoms with van der Waals surface area (Å²) in [4.78, 5) is 41.9. The van der Waals surface area contributed by atoms with Gasteiger partial charge in [-0.2, -0.15) is 9.61 Å². The van der Waals surface area contributed by atoms with Crippen molar-refractivity contribution in [2.45, 2.75) is 25.3 Å². The van der Waals surface area contributed by atoms with E-state index in [0.717, 1.165) is 37.2 Å². The first kappa shape index (κ1) is 19.0. The highest BCUT2D eigenvalue weighted by Crippen LogP contribution is 2.28. The fourth-order valence-corrected chi connectivity index (χ4v) is 4.52. The molecule has 1 saturated heterocycles. The van der Waals surface area contributed by atoms with Crippen LogP contribution in [0.2, 0.25) is 0 Å². The number of aromatic hydroxyl groups is 1. The SMILES string of the molecule is O=C(c1ccc(-c2cc(=NC3CC3)n3nc/c(=C\c4[nH]c(=O)[nH]c4O)c3n2)s1)N1CCC1. The lowest BCUT2D eigenvalue weighted by atomic mass is 10.2. The minimum absolute atomic E-state index is 0.0572. The molecule has 4 aromatic rings.